The van der Waals surface area contributed by atoms with Crippen LogP contribution < -0.4 is 4.72 Å². The first kappa shape index (κ1) is 17.4. The third-order valence-corrected chi connectivity index (χ3v) is 7.08. The van der Waals surface area contributed by atoms with Crippen LogP contribution in [-0.2, 0) is 21.2 Å². The lowest BCUT2D eigenvalue weighted by molar-refractivity contribution is -0.133. The maximum atomic E-state index is 12.5. The molecule has 0 unspecified atom stereocenters. The van der Waals surface area contributed by atoms with Gasteiger partial charge in [-0.3, -0.25) is 4.79 Å². The molecule has 24 heavy (non-hydrogen) atoms. The third-order valence-electron chi connectivity index (χ3n) is 5.51. The largest absolute Gasteiger partial charge is 0.342 e. The lowest BCUT2D eigenvalue weighted by Crippen LogP contribution is -2.46. The Bertz CT molecular complexity index is 683. The highest BCUT2D eigenvalue weighted by molar-refractivity contribution is 7.89. The summed E-state index contributed by atoms with van der Waals surface area (Å²) in [6, 6.07) is 6.61. The van der Waals surface area contributed by atoms with Crippen LogP contribution in [0.3, 0.4) is 0 Å². The van der Waals surface area contributed by atoms with Crippen molar-refractivity contribution in [3.05, 3.63) is 29.8 Å². The molecule has 1 heterocycles. The summed E-state index contributed by atoms with van der Waals surface area (Å²) < 4.78 is 26.3. The zero-order valence-corrected chi connectivity index (χ0v) is 15.1. The first-order valence-electron chi connectivity index (χ1n) is 8.81. The van der Waals surface area contributed by atoms with E-state index < -0.39 is 10.0 Å². The fourth-order valence-corrected chi connectivity index (χ4v) is 4.79. The molecular formula is C18H26N2O3S. The van der Waals surface area contributed by atoms with Crippen molar-refractivity contribution in [2.45, 2.75) is 50.3 Å². The van der Waals surface area contributed by atoms with Crippen LogP contribution >= 0.6 is 0 Å². The van der Waals surface area contributed by atoms with Crippen molar-refractivity contribution in [2.24, 2.45) is 5.41 Å². The number of hydrogen-bond donors (Lipinski definition) is 1. The van der Waals surface area contributed by atoms with Crippen molar-refractivity contribution in [1.29, 1.82) is 0 Å². The van der Waals surface area contributed by atoms with Gasteiger partial charge in [0.2, 0.25) is 15.9 Å². The summed E-state index contributed by atoms with van der Waals surface area (Å²) in [5.74, 6) is 0.145. The van der Waals surface area contributed by atoms with E-state index in [4.69, 9.17) is 0 Å². The van der Waals surface area contributed by atoms with E-state index in [0.29, 0.717) is 18.4 Å². The van der Waals surface area contributed by atoms with E-state index in [1.807, 2.05) is 4.90 Å². The molecule has 1 aliphatic carbocycles. The van der Waals surface area contributed by atoms with Gasteiger partial charge in [0.05, 0.1) is 11.3 Å². The maximum Gasteiger partial charge on any atom is 0.240 e. The minimum absolute atomic E-state index is 0.145. The van der Waals surface area contributed by atoms with Gasteiger partial charge in [0.15, 0.2) is 0 Å². The summed E-state index contributed by atoms with van der Waals surface area (Å²) in [7, 11) is -3.43. The molecule has 0 atom stereocenters. The second kappa shape index (κ2) is 6.84. The molecule has 1 aromatic carbocycles. The topological polar surface area (TPSA) is 66.5 Å². The van der Waals surface area contributed by atoms with Gasteiger partial charge in [-0.25, -0.2) is 13.1 Å². The van der Waals surface area contributed by atoms with Crippen LogP contribution in [0.1, 0.15) is 44.6 Å². The normalized spacial score (nSPS) is 20.0. The van der Waals surface area contributed by atoms with Crippen molar-refractivity contribution in [3.8, 4) is 0 Å². The summed E-state index contributed by atoms with van der Waals surface area (Å²) in [5, 5.41) is 0. The summed E-state index contributed by atoms with van der Waals surface area (Å²) in [5.41, 5.74) is 1.40. The highest BCUT2D eigenvalue weighted by Gasteiger charge is 2.40. The van der Waals surface area contributed by atoms with Crippen molar-refractivity contribution in [3.63, 3.8) is 0 Å². The SMILES string of the molecule is CCNS(=O)(=O)c1ccc(CC(=O)N2CCC3(CCC3)CC2)cc1. The summed E-state index contributed by atoms with van der Waals surface area (Å²) in [6.07, 6.45) is 6.62. The number of carbonyl (C=O) groups is 1. The van der Waals surface area contributed by atoms with Gasteiger partial charge in [-0.1, -0.05) is 25.5 Å². The molecule has 1 saturated heterocycles. The zero-order chi connectivity index (χ0) is 17.2. The van der Waals surface area contributed by atoms with E-state index in [1.54, 1.807) is 31.2 Å². The van der Waals surface area contributed by atoms with Gasteiger partial charge in [0.1, 0.15) is 0 Å². The molecule has 0 bridgehead atoms. The number of likely N-dealkylation sites (tertiary alicyclic amines) is 1. The number of benzene rings is 1. The molecule has 0 aromatic heterocycles. The van der Waals surface area contributed by atoms with Gasteiger partial charge >= 0.3 is 0 Å². The second-order valence-corrected chi connectivity index (χ2v) is 8.82. The van der Waals surface area contributed by atoms with Crippen LogP contribution in [0.5, 0.6) is 0 Å². The van der Waals surface area contributed by atoms with E-state index in [1.165, 1.54) is 19.3 Å². The molecule has 5 nitrogen and oxygen atoms in total. The number of carbonyl (C=O) groups excluding carboxylic acids is 1. The van der Waals surface area contributed by atoms with Gasteiger partial charge in [0, 0.05) is 19.6 Å². The number of sulfonamides is 1. The number of hydrogen-bond acceptors (Lipinski definition) is 3. The third kappa shape index (κ3) is 3.64. The predicted octanol–water partition coefficient (Wildman–Crippen LogP) is 2.32. The molecule has 1 saturated carbocycles. The highest BCUT2D eigenvalue weighted by Crippen LogP contribution is 2.48. The van der Waals surface area contributed by atoms with Crippen molar-refractivity contribution in [1.82, 2.24) is 9.62 Å². The molecule has 2 aliphatic rings. The van der Waals surface area contributed by atoms with E-state index in [0.717, 1.165) is 31.5 Å². The number of rotatable bonds is 5. The van der Waals surface area contributed by atoms with Crippen molar-refractivity contribution in [2.75, 3.05) is 19.6 Å². The Hall–Kier alpha value is -1.40. The number of piperidine rings is 1. The molecule has 1 aromatic rings. The Kier molecular flexibility index (Phi) is 4.97. The van der Waals surface area contributed by atoms with Gasteiger partial charge < -0.3 is 4.90 Å². The summed E-state index contributed by atoms with van der Waals surface area (Å²) in [4.78, 5) is 14.7. The van der Waals surface area contributed by atoms with Crippen LogP contribution in [-0.4, -0.2) is 38.9 Å². The smallest absolute Gasteiger partial charge is 0.240 e. The van der Waals surface area contributed by atoms with Crippen LogP contribution in [0.4, 0.5) is 0 Å². The van der Waals surface area contributed by atoms with Crippen LogP contribution in [0, 0.1) is 5.41 Å². The minimum atomic E-state index is -3.43. The number of nitrogens with zero attached hydrogens (tertiary/aromatic N) is 1. The Morgan fingerprint density at radius 3 is 2.25 bits per heavy atom. The molecule has 132 valence electrons. The van der Waals surface area contributed by atoms with Crippen molar-refractivity contribution < 1.29 is 13.2 Å². The molecule has 3 rings (SSSR count). The lowest BCUT2D eigenvalue weighted by atomic mass is 9.63. The van der Waals surface area contributed by atoms with E-state index in [-0.39, 0.29) is 10.8 Å². The van der Waals surface area contributed by atoms with E-state index in [9.17, 15) is 13.2 Å². The Balaban J connectivity index is 1.57. The van der Waals surface area contributed by atoms with Gasteiger partial charge in [-0.15, -0.1) is 0 Å². The second-order valence-electron chi connectivity index (χ2n) is 7.06. The van der Waals surface area contributed by atoms with Crippen molar-refractivity contribution >= 4 is 15.9 Å². The zero-order valence-electron chi connectivity index (χ0n) is 14.3. The molecule has 1 aliphatic heterocycles. The van der Waals surface area contributed by atoms with Gasteiger partial charge in [0.25, 0.3) is 0 Å². The Morgan fingerprint density at radius 1 is 1.12 bits per heavy atom. The Morgan fingerprint density at radius 2 is 1.75 bits per heavy atom. The molecule has 6 heteroatoms. The average Bonchev–Trinajstić information content (AvgIpc) is 2.54. The quantitative estimate of drug-likeness (QED) is 0.886. The fraction of sp³-hybridized carbons (Fsp3) is 0.611. The fourth-order valence-electron chi connectivity index (χ4n) is 3.75. The predicted molar refractivity (Wildman–Crippen MR) is 93.1 cm³/mol. The molecular weight excluding hydrogens is 324 g/mol. The number of nitrogens with one attached hydrogen (secondary N) is 1. The van der Waals surface area contributed by atoms with Crippen LogP contribution in [0.25, 0.3) is 0 Å². The van der Waals surface area contributed by atoms with E-state index in [2.05, 4.69) is 4.72 Å². The van der Waals surface area contributed by atoms with Gasteiger partial charge in [-0.05, 0) is 48.8 Å². The van der Waals surface area contributed by atoms with Gasteiger partial charge in [-0.2, -0.15) is 0 Å². The maximum absolute atomic E-state index is 12.5. The van der Waals surface area contributed by atoms with Crippen LogP contribution in [0.2, 0.25) is 0 Å². The Labute approximate surface area is 144 Å². The summed E-state index contributed by atoms with van der Waals surface area (Å²) in [6.45, 7) is 3.84. The monoisotopic (exact) mass is 350 g/mol. The lowest BCUT2D eigenvalue weighted by Gasteiger charge is -2.48. The standard InChI is InChI=1S/C18H26N2O3S/c1-2-19-24(22,23)16-6-4-15(5-7-16)14-17(21)20-12-10-18(11-13-20)8-3-9-18/h4-7,19H,2-3,8-14H2,1H3. The average molecular weight is 350 g/mol. The van der Waals surface area contributed by atoms with E-state index >= 15 is 0 Å². The first-order chi connectivity index (χ1) is 11.4. The minimum Gasteiger partial charge on any atom is -0.342 e. The summed E-state index contributed by atoms with van der Waals surface area (Å²) >= 11 is 0. The molecule has 1 spiro atoms. The molecule has 0 radical (unpaired) electrons. The molecule has 2 fully saturated rings. The number of amides is 1. The molecule has 1 amide bonds. The highest BCUT2D eigenvalue weighted by atomic mass is 32.2. The van der Waals surface area contributed by atoms with Crippen LogP contribution in [0.15, 0.2) is 29.2 Å². The first-order valence-corrected chi connectivity index (χ1v) is 10.3. The molecule has 1 N–H and O–H groups in total.